The second kappa shape index (κ2) is 6.07. The molecule has 0 saturated heterocycles. The summed E-state index contributed by atoms with van der Waals surface area (Å²) in [6, 6.07) is 5.35. The molecule has 1 rings (SSSR count). The lowest BCUT2D eigenvalue weighted by Crippen LogP contribution is -2.34. The molecule has 1 aromatic rings. The fraction of sp³-hybridized carbons (Fsp3) is 0.571. The molecule has 0 fully saturated rings. The van der Waals surface area contributed by atoms with Crippen LogP contribution in [0, 0.1) is 0 Å². The number of aliphatic hydroxyl groups is 1. The van der Waals surface area contributed by atoms with E-state index < -0.39 is 11.7 Å². The molecule has 0 bridgehead atoms. The Morgan fingerprint density at radius 2 is 1.61 bits per heavy atom. The van der Waals surface area contributed by atoms with Crippen molar-refractivity contribution in [3.05, 3.63) is 23.8 Å². The summed E-state index contributed by atoms with van der Waals surface area (Å²) >= 11 is 0. The molecule has 2 unspecified atom stereocenters. The van der Waals surface area contributed by atoms with E-state index in [1.165, 1.54) is 0 Å². The standard InChI is InChI=1S/C14H22O4/c1-6-14(2,18-5)13(15)10-7-11(16-3)9-12(8-10)17-4/h7-9,13,15H,6H2,1-5H3. The molecule has 0 spiro atoms. The van der Waals surface area contributed by atoms with Gasteiger partial charge in [0.15, 0.2) is 0 Å². The van der Waals surface area contributed by atoms with Gasteiger partial charge in [-0.25, -0.2) is 0 Å². The summed E-state index contributed by atoms with van der Waals surface area (Å²) in [5.41, 5.74) is 0.0922. The molecule has 0 aliphatic heterocycles. The third kappa shape index (κ3) is 2.94. The van der Waals surface area contributed by atoms with Crippen LogP contribution in [0.4, 0.5) is 0 Å². The normalized spacial score (nSPS) is 15.9. The summed E-state index contributed by atoms with van der Waals surface area (Å²) in [6.45, 7) is 3.85. The molecular formula is C14H22O4. The van der Waals surface area contributed by atoms with Crippen molar-refractivity contribution in [2.24, 2.45) is 0 Å². The van der Waals surface area contributed by atoms with Crippen molar-refractivity contribution in [3.63, 3.8) is 0 Å². The van der Waals surface area contributed by atoms with Gasteiger partial charge in [-0.15, -0.1) is 0 Å². The quantitative estimate of drug-likeness (QED) is 0.847. The van der Waals surface area contributed by atoms with Gasteiger partial charge in [-0.05, 0) is 31.0 Å². The zero-order chi connectivity index (χ0) is 13.8. The first kappa shape index (κ1) is 14.8. The van der Waals surface area contributed by atoms with E-state index in [0.29, 0.717) is 17.9 Å². The summed E-state index contributed by atoms with van der Waals surface area (Å²) in [5, 5.41) is 10.4. The maximum atomic E-state index is 10.4. The Morgan fingerprint density at radius 3 is 1.94 bits per heavy atom. The average Bonchev–Trinajstić information content (AvgIpc) is 2.44. The van der Waals surface area contributed by atoms with E-state index in [0.717, 1.165) is 5.56 Å². The van der Waals surface area contributed by atoms with Crippen molar-refractivity contribution in [2.75, 3.05) is 21.3 Å². The highest BCUT2D eigenvalue weighted by molar-refractivity contribution is 5.40. The predicted molar refractivity (Wildman–Crippen MR) is 70.2 cm³/mol. The van der Waals surface area contributed by atoms with Crippen LogP contribution >= 0.6 is 0 Å². The molecule has 0 aliphatic rings. The summed E-state index contributed by atoms with van der Waals surface area (Å²) in [6.07, 6.45) is -0.0407. The fourth-order valence-corrected chi connectivity index (χ4v) is 1.79. The highest BCUT2D eigenvalue weighted by Crippen LogP contribution is 2.35. The van der Waals surface area contributed by atoms with Gasteiger partial charge in [0.2, 0.25) is 0 Å². The molecule has 2 atom stereocenters. The number of ether oxygens (including phenoxy) is 3. The molecule has 0 amide bonds. The van der Waals surface area contributed by atoms with Crippen molar-refractivity contribution < 1.29 is 19.3 Å². The molecule has 1 N–H and O–H groups in total. The fourth-order valence-electron chi connectivity index (χ4n) is 1.79. The molecule has 18 heavy (non-hydrogen) atoms. The zero-order valence-electron chi connectivity index (χ0n) is 11.7. The Morgan fingerprint density at radius 1 is 1.11 bits per heavy atom. The first-order valence-electron chi connectivity index (χ1n) is 5.97. The van der Waals surface area contributed by atoms with E-state index in [1.807, 2.05) is 13.8 Å². The van der Waals surface area contributed by atoms with Crippen LogP contribution in [0.25, 0.3) is 0 Å². The average molecular weight is 254 g/mol. The Bertz CT molecular complexity index is 363. The first-order valence-corrected chi connectivity index (χ1v) is 5.97. The lowest BCUT2D eigenvalue weighted by Gasteiger charge is -2.32. The Labute approximate surface area is 108 Å². The molecule has 0 aromatic heterocycles. The van der Waals surface area contributed by atoms with Gasteiger partial charge in [0, 0.05) is 13.2 Å². The minimum absolute atomic E-state index is 0.628. The Hall–Kier alpha value is -1.26. The summed E-state index contributed by atoms with van der Waals surface area (Å²) in [5.74, 6) is 1.30. The van der Waals surface area contributed by atoms with E-state index >= 15 is 0 Å². The lowest BCUT2D eigenvalue weighted by molar-refractivity contribution is -0.0944. The largest absolute Gasteiger partial charge is 0.497 e. The van der Waals surface area contributed by atoms with Gasteiger partial charge in [-0.2, -0.15) is 0 Å². The van der Waals surface area contributed by atoms with Crippen LogP contribution in [-0.2, 0) is 4.74 Å². The van der Waals surface area contributed by atoms with E-state index in [9.17, 15) is 5.11 Å². The Kier molecular flexibility index (Phi) is 4.99. The summed E-state index contributed by atoms with van der Waals surface area (Å²) in [7, 11) is 4.77. The van der Waals surface area contributed by atoms with E-state index in [4.69, 9.17) is 14.2 Å². The van der Waals surface area contributed by atoms with Crippen LogP contribution in [-0.4, -0.2) is 32.0 Å². The van der Waals surface area contributed by atoms with Crippen molar-refractivity contribution in [3.8, 4) is 11.5 Å². The van der Waals surface area contributed by atoms with Crippen LogP contribution in [0.3, 0.4) is 0 Å². The van der Waals surface area contributed by atoms with Gasteiger partial charge in [0.25, 0.3) is 0 Å². The molecule has 4 nitrogen and oxygen atoms in total. The van der Waals surface area contributed by atoms with Crippen LogP contribution in [0.2, 0.25) is 0 Å². The minimum atomic E-state index is -0.739. The second-order valence-electron chi connectivity index (χ2n) is 4.42. The van der Waals surface area contributed by atoms with Gasteiger partial charge < -0.3 is 19.3 Å². The third-order valence-electron chi connectivity index (χ3n) is 3.44. The molecular weight excluding hydrogens is 232 g/mol. The van der Waals surface area contributed by atoms with Gasteiger partial charge in [-0.1, -0.05) is 6.92 Å². The van der Waals surface area contributed by atoms with E-state index in [2.05, 4.69) is 0 Å². The van der Waals surface area contributed by atoms with Crippen LogP contribution < -0.4 is 9.47 Å². The molecule has 0 aliphatic carbocycles. The van der Waals surface area contributed by atoms with Crippen LogP contribution in [0.5, 0.6) is 11.5 Å². The van der Waals surface area contributed by atoms with Crippen LogP contribution in [0.1, 0.15) is 31.9 Å². The number of benzene rings is 1. The smallest absolute Gasteiger partial charge is 0.122 e. The predicted octanol–water partition coefficient (Wildman–Crippen LogP) is 2.55. The topological polar surface area (TPSA) is 47.9 Å². The molecule has 0 saturated carbocycles. The number of rotatable bonds is 6. The molecule has 0 radical (unpaired) electrons. The van der Waals surface area contributed by atoms with Crippen molar-refractivity contribution in [2.45, 2.75) is 32.0 Å². The monoisotopic (exact) mass is 254 g/mol. The molecule has 1 aromatic carbocycles. The third-order valence-corrected chi connectivity index (χ3v) is 3.44. The summed E-state index contributed by atoms with van der Waals surface area (Å²) < 4.78 is 15.8. The maximum absolute atomic E-state index is 10.4. The Balaban J connectivity index is 3.15. The lowest BCUT2D eigenvalue weighted by atomic mass is 9.90. The maximum Gasteiger partial charge on any atom is 0.122 e. The highest BCUT2D eigenvalue weighted by Gasteiger charge is 2.32. The summed E-state index contributed by atoms with van der Waals surface area (Å²) in [4.78, 5) is 0. The number of hydrogen-bond acceptors (Lipinski definition) is 4. The zero-order valence-corrected chi connectivity index (χ0v) is 11.7. The minimum Gasteiger partial charge on any atom is -0.497 e. The highest BCUT2D eigenvalue weighted by atomic mass is 16.5. The number of aliphatic hydroxyl groups excluding tert-OH is 1. The molecule has 102 valence electrons. The molecule has 4 heteroatoms. The van der Waals surface area contributed by atoms with Gasteiger partial charge in [-0.3, -0.25) is 0 Å². The van der Waals surface area contributed by atoms with Crippen LogP contribution in [0.15, 0.2) is 18.2 Å². The van der Waals surface area contributed by atoms with Gasteiger partial charge >= 0.3 is 0 Å². The molecule has 0 heterocycles. The van der Waals surface area contributed by atoms with E-state index in [-0.39, 0.29) is 0 Å². The van der Waals surface area contributed by atoms with Gasteiger partial charge in [0.05, 0.1) is 19.8 Å². The second-order valence-corrected chi connectivity index (χ2v) is 4.42. The SMILES string of the molecule is CCC(C)(OC)C(O)c1cc(OC)cc(OC)c1. The van der Waals surface area contributed by atoms with Crippen molar-refractivity contribution in [1.82, 2.24) is 0 Å². The first-order chi connectivity index (χ1) is 8.50. The van der Waals surface area contributed by atoms with Crippen molar-refractivity contribution >= 4 is 0 Å². The number of hydrogen-bond donors (Lipinski definition) is 1. The van der Waals surface area contributed by atoms with E-state index in [1.54, 1.807) is 39.5 Å². The number of methoxy groups -OCH3 is 3. The van der Waals surface area contributed by atoms with Crippen molar-refractivity contribution in [1.29, 1.82) is 0 Å². The van der Waals surface area contributed by atoms with Gasteiger partial charge in [0.1, 0.15) is 17.6 Å².